The Morgan fingerprint density at radius 2 is 1.50 bits per heavy atom. The van der Waals surface area contributed by atoms with Gasteiger partial charge < -0.3 is 5.32 Å². The van der Waals surface area contributed by atoms with Crippen molar-refractivity contribution < 1.29 is 9.18 Å². The predicted octanol–water partition coefficient (Wildman–Crippen LogP) is 7.11. The zero-order chi connectivity index (χ0) is 21.7. The highest BCUT2D eigenvalue weighted by molar-refractivity contribution is 5.96. The second-order valence-corrected chi connectivity index (χ2v) is 8.75. The maximum Gasteiger partial charge on any atom is 0.165 e. The molecule has 0 heterocycles. The fourth-order valence-corrected chi connectivity index (χ4v) is 3.44. The van der Waals surface area contributed by atoms with Gasteiger partial charge in [-0.2, -0.15) is 0 Å². The Bertz CT molecular complexity index is 967. The van der Waals surface area contributed by atoms with Crippen molar-refractivity contribution in [2.75, 3.05) is 5.32 Å². The van der Waals surface area contributed by atoms with Crippen LogP contribution in [0.1, 0.15) is 67.2 Å². The third kappa shape index (κ3) is 5.56. The van der Waals surface area contributed by atoms with Gasteiger partial charge in [0, 0.05) is 17.7 Å². The molecule has 0 aromatic heterocycles. The van der Waals surface area contributed by atoms with Crippen LogP contribution >= 0.6 is 0 Å². The number of hydrogen-bond acceptors (Lipinski definition) is 2. The lowest BCUT2D eigenvalue weighted by molar-refractivity contribution is 0.0976. The highest BCUT2D eigenvalue weighted by Gasteiger charge is 2.19. The molecule has 0 saturated carbocycles. The van der Waals surface area contributed by atoms with Gasteiger partial charge in [-0.05, 0) is 52.8 Å². The standard InChI is InChI=1S/C27H30FNO/c1-5-19-6-8-21(9-7-19)26(30)18-25(29-24-16-14-23(28)15-17-24)20-10-12-22(13-11-20)27(2,3)4/h6-17,25,29H,5,18H2,1-4H3/t25-/m0/s1. The molecule has 0 saturated heterocycles. The number of carbonyl (C=O) groups excluding carboxylic acids is 1. The van der Waals surface area contributed by atoms with Gasteiger partial charge in [-0.3, -0.25) is 4.79 Å². The molecule has 2 nitrogen and oxygen atoms in total. The molecule has 0 radical (unpaired) electrons. The van der Waals surface area contributed by atoms with E-state index < -0.39 is 0 Å². The maximum absolute atomic E-state index is 13.3. The van der Waals surface area contributed by atoms with Gasteiger partial charge in [-0.25, -0.2) is 4.39 Å². The number of halogens is 1. The van der Waals surface area contributed by atoms with Crippen LogP contribution < -0.4 is 5.32 Å². The summed E-state index contributed by atoms with van der Waals surface area (Å²) in [7, 11) is 0. The molecule has 156 valence electrons. The number of rotatable bonds is 7. The molecule has 0 amide bonds. The molecule has 1 atom stereocenters. The number of ketones is 1. The van der Waals surface area contributed by atoms with Gasteiger partial charge >= 0.3 is 0 Å². The third-order valence-electron chi connectivity index (χ3n) is 5.44. The maximum atomic E-state index is 13.3. The molecule has 0 aliphatic carbocycles. The summed E-state index contributed by atoms with van der Waals surface area (Å²) >= 11 is 0. The lowest BCUT2D eigenvalue weighted by Crippen LogP contribution is -2.17. The van der Waals surface area contributed by atoms with E-state index in [1.807, 2.05) is 24.3 Å². The summed E-state index contributed by atoms with van der Waals surface area (Å²) in [6.45, 7) is 8.64. The van der Waals surface area contributed by atoms with Crippen molar-refractivity contribution in [1.29, 1.82) is 0 Å². The predicted molar refractivity (Wildman–Crippen MR) is 123 cm³/mol. The Kier molecular flexibility index (Phi) is 6.71. The number of nitrogens with one attached hydrogen (secondary N) is 1. The fourth-order valence-electron chi connectivity index (χ4n) is 3.44. The summed E-state index contributed by atoms with van der Waals surface area (Å²) in [5, 5.41) is 3.42. The van der Waals surface area contributed by atoms with Gasteiger partial charge in [0.25, 0.3) is 0 Å². The van der Waals surface area contributed by atoms with E-state index in [0.717, 1.165) is 17.7 Å². The number of carbonyl (C=O) groups is 1. The van der Waals surface area contributed by atoms with Crippen LogP contribution in [-0.4, -0.2) is 5.78 Å². The molecule has 30 heavy (non-hydrogen) atoms. The summed E-state index contributed by atoms with van der Waals surface area (Å²) in [6, 6.07) is 22.3. The van der Waals surface area contributed by atoms with E-state index in [-0.39, 0.29) is 23.1 Å². The van der Waals surface area contributed by atoms with Crippen LogP contribution in [0.4, 0.5) is 10.1 Å². The summed E-state index contributed by atoms with van der Waals surface area (Å²) in [4.78, 5) is 13.0. The minimum atomic E-state index is -0.279. The van der Waals surface area contributed by atoms with Crippen molar-refractivity contribution in [3.05, 3.63) is 101 Å². The SMILES string of the molecule is CCc1ccc(C(=O)C[C@H](Nc2ccc(F)cc2)c2ccc(C(C)(C)C)cc2)cc1. The largest absolute Gasteiger partial charge is 0.378 e. The van der Waals surface area contributed by atoms with Crippen LogP contribution in [0.3, 0.4) is 0 Å². The zero-order valence-electron chi connectivity index (χ0n) is 18.2. The van der Waals surface area contributed by atoms with Gasteiger partial charge in [0.15, 0.2) is 5.78 Å². The molecule has 3 heteroatoms. The molecule has 0 fully saturated rings. The molecule has 3 aromatic carbocycles. The quantitative estimate of drug-likeness (QED) is 0.426. The van der Waals surface area contributed by atoms with E-state index in [9.17, 15) is 9.18 Å². The summed E-state index contributed by atoms with van der Waals surface area (Å²) in [5.41, 5.74) is 5.05. The molecule has 0 aliphatic rings. The monoisotopic (exact) mass is 403 g/mol. The Morgan fingerprint density at radius 1 is 0.900 bits per heavy atom. The molecule has 3 aromatic rings. The first-order chi connectivity index (χ1) is 14.3. The fraction of sp³-hybridized carbons (Fsp3) is 0.296. The van der Waals surface area contributed by atoms with E-state index >= 15 is 0 Å². The summed E-state index contributed by atoms with van der Waals surface area (Å²) < 4.78 is 13.3. The Balaban J connectivity index is 1.86. The number of Topliss-reactive ketones (excluding diaryl/α,β-unsaturated/α-hetero) is 1. The second-order valence-electron chi connectivity index (χ2n) is 8.75. The van der Waals surface area contributed by atoms with Crippen LogP contribution in [0.15, 0.2) is 72.8 Å². The first-order valence-electron chi connectivity index (χ1n) is 10.5. The average Bonchev–Trinajstić information content (AvgIpc) is 2.74. The van der Waals surface area contributed by atoms with E-state index in [4.69, 9.17) is 0 Å². The van der Waals surface area contributed by atoms with Crippen molar-refractivity contribution >= 4 is 11.5 Å². The molecule has 3 rings (SSSR count). The van der Waals surface area contributed by atoms with Crippen LogP contribution in [0.25, 0.3) is 0 Å². The summed E-state index contributed by atoms with van der Waals surface area (Å²) in [5.74, 6) is -0.198. The van der Waals surface area contributed by atoms with Crippen LogP contribution in [0.2, 0.25) is 0 Å². The van der Waals surface area contributed by atoms with E-state index in [1.165, 1.54) is 23.3 Å². The Hall–Kier alpha value is -2.94. The van der Waals surface area contributed by atoms with Crippen molar-refractivity contribution in [3.63, 3.8) is 0 Å². The van der Waals surface area contributed by atoms with Gasteiger partial charge in [0.1, 0.15) is 5.82 Å². The molecule has 0 aliphatic heterocycles. The van der Waals surface area contributed by atoms with Crippen molar-refractivity contribution in [1.82, 2.24) is 0 Å². The van der Waals surface area contributed by atoms with Crippen LogP contribution in [-0.2, 0) is 11.8 Å². The normalized spacial score (nSPS) is 12.4. The number of benzene rings is 3. The van der Waals surface area contributed by atoms with Crippen LogP contribution in [0.5, 0.6) is 0 Å². The first kappa shape index (κ1) is 21.8. The van der Waals surface area contributed by atoms with Crippen molar-refractivity contribution in [2.45, 2.75) is 52.0 Å². The molecular formula is C27H30FNO. The molecule has 0 unspecified atom stereocenters. The smallest absolute Gasteiger partial charge is 0.165 e. The van der Waals surface area contributed by atoms with Crippen molar-refractivity contribution in [2.24, 2.45) is 0 Å². The average molecular weight is 404 g/mol. The Morgan fingerprint density at radius 3 is 2.03 bits per heavy atom. The second kappa shape index (κ2) is 9.25. The van der Waals surface area contributed by atoms with Crippen LogP contribution in [0, 0.1) is 5.82 Å². The minimum absolute atomic E-state index is 0.0647. The van der Waals surface area contributed by atoms with Gasteiger partial charge in [-0.1, -0.05) is 76.2 Å². The third-order valence-corrected chi connectivity index (χ3v) is 5.44. The lowest BCUT2D eigenvalue weighted by atomic mass is 9.86. The van der Waals surface area contributed by atoms with Gasteiger partial charge in [-0.15, -0.1) is 0 Å². The highest BCUT2D eigenvalue weighted by atomic mass is 19.1. The molecule has 0 bridgehead atoms. The number of anilines is 1. The summed E-state index contributed by atoms with van der Waals surface area (Å²) in [6.07, 6.45) is 1.26. The number of hydrogen-bond donors (Lipinski definition) is 1. The zero-order valence-corrected chi connectivity index (χ0v) is 18.2. The molecule has 1 N–H and O–H groups in total. The van der Waals surface area contributed by atoms with E-state index in [2.05, 4.69) is 57.3 Å². The van der Waals surface area contributed by atoms with Gasteiger partial charge in [0.05, 0.1) is 6.04 Å². The molecule has 0 spiro atoms. The number of aryl methyl sites for hydroxylation is 1. The van der Waals surface area contributed by atoms with E-state index in [0.29, 0.717) is 12.0 Å². The highest BCUT2D eigenvalue weighted by Crippen LogP contribution is 2.28. The van der Waals surface area contributed by atoms with Crippen molar-refractivity contribution in [3.8, 4) is 0 Å². The molecular weight excluding hydrogens is 373 g/mol. The first-order valence-corrected chi connectivity index (χ1v) is 10.5. The topological polar surface area (TPSA) is 29.1 Å². The Labute approximate surface area is 179 Å². The lowest BCUT2D eigenvalue weighted by Gasteiger charge is -2.23. The van der Waals surface area contributed by atoms with Gasteiger partial charge in [0.2, 0.25) is 0 Å². The minimum Gasteiger partial charge on any atom is -0.378 e. The van der Waals surface area contributed by atoms with E-state index in [1.54, 1.807) is 12.1 Å².